The number of azide groups is 1. The second kappa shape index (κ2) is 8.44. The number of aliphatic carboxylic acids is 1. The van der Waals surface area contributed by atoms with Gasteiger partial charge in [0.15, 0.2) is 0 Å². The van der Waals surface area contributed by atoms with Crippen molar-refractivity contribution in [2.75, 3.05) is 13.1 Å². The van der Waals surface area contributed by atoms with E-state index in [1.54, 1.807) is 19.1 Å². The summed E-state index contributed by atoms with van der Waals surface area (Å²) in [6.45, 7) is 1.45. The molecular weight excluding hydrogens is 276 g/mol. The van der Waals surface area contributed by atoms with Crippen molar-refractivity contribution in [3.05, 3.63) is 46.3 Å². The maximum atomic E-state index is 12.0. The van der Waals surface area contributed by atoms with Crippen molar-refractivity contribution in [2.24, 2.45) is 5.11 Å². The molecule has 0 aliphatic carbocycles. The van der Waals surface area contributed by atoms with Crippen LogP contribution in [-0.4, -0.2) is 41.2 Å². The van der Waals surface area contributed by atoms with Crippen molar-refractivity contribution in [1.82, 2.24) is 4.90 Å². The smallest absolute Gasteiger partial charge is 0.410 e. The highest BCUT2D eigenvalue weighted by Crippen LogP contribution is 2.07. The molecule has 1 aromatic rings. The first-order valence-corrected chi connectivity index (χ1v) is 6.31. The van der Waals surface area contributed by atoms with Gasteiger partial charge in [-0.05, 0) is 18.0 Å². The van der Waals surface area contributed by atoms with Crippen LogP contribution in [0.4, 0.5) is 4.79 Å². The summed E-state index contributed by atoms with van der Waals surface area (Å²) in [6, 6.07) is 7.79. The molecule has 0 aliphatic rings. The van der Waals surface area contributed by atoms with Crippen molar-refractivity contribution in [3.8, 4) is 0 Å². The van der Waals surface area contributed by atoms with Crippen LogP contribution in [0.3, 0.4) is 0 Å². The van der Waals surface area contributed by atoms with Crippen LogP contribution in [0.5, 0.6) is 0 Å². The van der Waals surface area contributed by atoms with Crippen molar-refractivity contribution in [3.63, 3.8) is 0 Å². The zero-order chi connectivity index (χ0) is 15.7. The topological polar surface area (TPSA) is 116 Å². The molecule has 1 unspecified atom stereocenters. The molecule has 0 aliphatic heterocycles. The average molecular weight is 292 g/mol. The maximum Gasteiger partial charge on any atom is 0.410 e. The fourth-order valence-corrected chi connectivity index (χ4v) is 1.70. The van der Waals surface area contributed by atoms with Crippen molar-refractivity contribution in [1.29, 1.82) is 0 Å². The third-order valence-electron chi connectivity index (χ3n) is 2.76. The zero-order valence-corrected chi connectivity index (χ0v) is 11.5. The number of rotatable bonds is 7. The summed E-state index contributed by atoms with van der Waals surface area (Å²) in [4.78, 5) is 26.6. The third kappa shape index (κ3) is 5.04. The highest BCUT2D eigenvalue weighted by Gasteiger charge is 2.29. The standard InChI is InChI=1S/C13H16N4O4/c1-2-17(11(12(18)19)8-15-16-14)13(20)21-9-10-6-4-3-5-7-10/h3-7,11H,2,8-9H2,1H3,(H,18,19). The maximum absolute atomic E-state index is 12.0. The largest absolute Gasteiger partial charge is 0.480 e. The molecule has 8 nitrogen and oxygen atoms in total. The molecule has 1 N–H and O–H groups in total. The van der Waals surface area contributed by atoms with E-state index < -0.39 is 18.1 Å². The molecule has 8 heteroatoms. The summed E-state index contributed by atoms with van der Waals surface area (Å²) in [5.74, 6) is -1.25. The van der Waals surface area contributed by atoms with Gasteiger partial charge < -0.3 is 9.84 Å². The molecule has 1 rings (SSSR count). The Bertz CT molecular complexity index is 528. The van der Waals surface area contributed by atoms with Crippen molar-refractivity contribution < 1.29 is 19.4 Å². The number of carboxylic acids is 1. The van der Waals surface area contributed by atoms with Crippen molar-refractivity contribution in [2.45, 2.75) is 19.6 Å². The predicted octanol–water partition coefficient (Wildman–Crippen LogP) is 2.41. The predicted molar refractivity (Wildman–Crippen MR) is 74.4 cm³/mol. The Morgan fingerprint density at radius 2 is 2.10 bits per heavy atom. The van der Waals surface area contributed by atoms with E-state index in [9.17, 15) is 9.59 Å². The lowest BCUT2D eigenvalue weighted by atomic mass is 10.2. The molecule has 21 heavy (non-hydrogen) atoms. The Morgan fingerprint density at radius 1 is 1.43 bits per heavy atom. The Morgan fingerprint density at radius 3 is 2.62 bits per heavy atom. The molecule has 1 aromatic carbocycles. The molecule has 0 radical (unpaired) electrons. The van der Waals surface area contributed by atoms with Gasteiger partial charge in [0, 0.05) is 11.5 Å². The number of ether oxygens (including phenoxy) is 1. The molecular formula is C13H16N4O4. The Hall–Kier alpha value is -2.73. The Balaban J connectivity index is 2.70. The highest BCUT2D eigenvalue weighted by molar-refractivity contribution is 5.80. The minimum Gasteiger partial charge on any atom is -0.480 e. The summed E-state index contributed by atoms with van der Waals surface area (Å²) < 4.78 is 5.08. The van der Waals surface area contributed by atoms with Crippen LogP contribution in [-0.2, 0) is 16.1 Å². The molecule has 0 aromatic heterocycles. The summed E-state index contributed by atoms with van der Waals surface area (Å²) in [7, 11) is 0. The normalized spacial score (nSPS) is 11.1. The average Bonchev–Trinajstić information content (AvgIpc) is 2.49. The van der Waals surface area contributed by atoms with Gasteiger partial charge in [-0.15, -0.1) is 0 Å². The lowest BCUT2D eigenvalue weighted by Crippen LogP contribution is -2.46. The number of carbonyl (C=O) groups excluding carboxylic acids is 1. The monoisotopic (exact) mass is 292 g/mol. The van der Waals surface area contributed by atoms with Gasteiger partial charge >= 0.3 is 12.1 Å². The molecule has 112 valence electrons. The molecule has 0 bridgehead atoms. The van der Waals surface area contributed by atoms with Crippen LogP contribution in [0.15, 0.2) is 35.4 Å². The van der Waals surface area contributed by atoms with E-state index in [1.807, 2.05) is 18.2 Å². The van der Waals surface area contributed by atoms with Gasteiger partial charge in [-0.2, -0.15) is 0 Å². The fraction of sp³-hybridized carbons (Fsp3) is 0.385. The number of hydrogen-bond donors (Lipinski definition) is 1. The van der Waals surface area contributed by atoms with Gasteiger partial charge in [0.25, 0.3) is 0 Å². The number of likely N-dealkylation sites (N-methyl/N-ethyl adjacent to an activating group) is 1. The summed E-state index contributed by atoms with van der Waals surface area (Å²) >= 11 is 0. The third-order valence-corrected chi connectivity index (χ3v) is 2.76. The van der Waals surface area contributed by atoms with Crippen LogP contribution in [0.25, 0.3) is 10.4 Å². The van der Waals surface area contributed by atoms with Crippen LogP contribution in [0, 0.1) is 0 Å². The molecule has 0 heterocycles. The lowest BCUT2D eigenvalue weighted by Gasteiger charge is -2.25. The van der Waals surface area contributed by atoms with E-state index in [1.165, 1.54) is 0 Å². The van der Waals surface area contributed by atoms with E-state index in [-0.39, 0.29) is 19.7 Å². The van der Waals surface area contributed by atoms with E-state index in [4.69, 9.17) is 15.4 Å². The number of hydrogen-bond acceptors (Lipinski definition) is 4. The molecule has 0 fully saturated rings. The van der Waals surface area contributed by atoms with E-state index in [2.05, 4.69) is 10.0 Å². The Labute approximate surface area is 121 Å². The number of nitrogens with zero attached hydrogens (tertiary/aromatic N) is 4. The number of carbonyl (C=O) groups is 2. The summed E-state index contributed by atoms with van der Waals surface area (Å²) in [5.41, 5.74) is 9.07. The minimum atomic E-state index is -1.25. The number of carboxylic acid groups (broad SMARTS) is 1. The van der Waals surface area contributed by atoms with Gasteiger partial charge in [-0.1, -0.05) is 35.4 Å². The fourth-order valence-electron chi connectivity index (χ4n) is 1.70. The van der Waals surface area contributed by atoms with E-state index in [0.717, 1.165) is 10.5 Å². The first kappa shape index (κ1) is 16.3. The zero-order valence-electron chi connectivity index (χ0n) is 11.5. The second-order valence-corrected chi connectivity index (χ2v) is 4.09. The Kier molecular flexibility index (Phi) is 6.56. The van der Waals surface area contributed by atoms with E-state index >= 15 is 0 Å². The van der Waals surface area contributed by atoms with Crippen molar-refractivity contribution >= 4 is 12.1 Å². The molecule has 0 saturated heterocycles. The molecule has 0 spiro atoms. The quantitative estimate of drug-likeness (QED) is 0.472. The van der Waals surface area contributed by atoms with Gasteiger partial charge in [0.2, 0.25) is 0 Å². The lowest BCUT2D eigenvalue weighted by molar-refractivity contribution is -0.142. The summed E-state index contributed by atoms with van der Waals surface area (Å²) in [6.07, 6.45) is -0.762. The number of benzene rings is 1. The van der Waals surface area contributed by atoms with Crippen LogP contribution >= 0.6 is 0 Å². The van der Waals surface area contributed by atoms with Gasteiger partial charge in [-0.25, -0.2) is 9.59 Å². The molecule has 1 atom stereocenters. The molecule has 0 saturated carbocycles. The first-order chi connectivity index (χ1) is 10.1. The second-order valence-electron chi connectivity index (χ2n) is 4.09. The highest BCUT2D eigenvalue weighted by atomic mass is 16.6. The van der Waals surface area contributed by atoms with Crippen LogP contribution < -0.4 is 0 Å². The SMILES string of the molecule is CCN(C(=O)OCc1ccccc1)C(CN=[N+]=[N-])C(=O)O. The van der Waals surface area contributed by atoms with Crippen LogP contribution in [0.1, 0.15) is 12.5 Å². The van der Waals surface area contributed by atoms with Gasteiger partial charge in [0.05, 0.1) is 6.54 Å². The summed E-state index contributed by atoms with van der Waals surface area (Å²) in [5, 5.41) is 12.3. The van der Waals surface area contributed by atoms with Gasteiger partial charge in [0.1, 0.15) is 12.6 Å². The van der Waals surface area contributed by atoms with Gasteiger partial charge in [-0.3, -0.25) is 4.90 Å². The molecule has 1 amide bonds. The van der Waals surface area contributed by atoms with Crippen LogP contribution in [0.2, 0.25) is 0 Å². The minimum absolute atomic E-state index is 0.0457. The van der Waals surface area contributed by atoms with E-state index in [0.29, 0.717) is 0 Å². The first-order valence-electron chi connectivity index (χ1n) is 6.31. The number of amides is 1.